The molecule has 76 valence electrons. The van der Waals surface area contributed by atoms with Gasteiger partial charge in [0.15, 0.2) is 0 Å². The summed E-state index contributed by atoms with van der Waals surface area (Å²) in [6, 6.07) is 0. The van der Waals surface area contributed by atoms with Crippen molar-refractivity contribution < 1.29 is 0 Å². The van der Waals surface area contributed by atoms with E-state index < -0.39 is 0 Å². The van der Waals surface area contributed by atoms with E-state index in [1.165, 1.54) is 51.4 Å². The molecule has 0 aromatic carbocycles. The summed E-state index contributed by atoms with van der Waals surface area (Å²) in [4.78, 5) is 0. The van der Waals surface area contributed by atoms with Crippen LogP contribution in [0.5, 0.6) is 0 Å². The van der Waals surface area contributed by atoms with Gasteiger partial charge in [0, 0.05) is 6.42 Å². The molecule has 0 spiro atoms. The summed E-state index contributed by atoms with van der Waals surface area (Å²) >= 11 is 4.18. The summed E-state index contributed by atoms with van der Waals surface area (Å²) in [7, 11) is 0. The molecule has 0 bridgehead atoms. The van der Waals surface area contributed by atoms with Gasteiger partial charge in [-0.1, -0.05) is 38.5 Å². The van der Waals surface area contributed by atoms with Gasteiger partial charge in [-0.25, -0.2) is 0 Å². The van der Waals surface area contributed by atoms with E-state index in [2.05, 4.69) is 18.5 Å². The van der Waals surface area contributed by atoms with Crippen molar-refractivity contribution in [3.63, 3.8) is 0 Å². The zero-order chi connectivity index (χ0) is 9.78. The zero-order valence-corrected chi connectivity index (χ0v) is 9.49. The van der Waals surface area contributed by atoms with Gasteiger partial charge in [0.2, 0.25) is 0 Å². The Hall–Kier alpha value is -0.0900. The average Bonchev–Trinajstić information content (AvgIpc) is 2.16. The van der Waals surface area contributed by atoms with Crippen LogP contribution < -0.4 is 0 Å². The van der Waals surface area contributed by atoms with Crippen molar-refractivity contribution in [2.45, 2.75) is 57.8 Å². The Morgan fingerprint density at radius 2 is 1.23 bits per heavy atom. The molecule has 0 N–H and O–H groups in total. The van der Waals surface area contributed by atoms with Crippen LogP contribution in [0, 0.1) is 12.3 Å². The van der Waals surface area contributed by atoms with Crippen molar-refractivity contribution in [2.75, 3.05) is 5.75 Å². The average molecular weight is 198 g/mol. The van der Waals surface area contributed by atoms with E-state index in [0.717, 1.165) is 12.2 Å². The summed E-state index contributed by atoms with van der Waals surface area (Å²) in [6.07, 6.45) is 16.8. The lowest BCUT2D eigenvalue weighted by Gasteiger charge is -1.99. The van der Waals surface area contributed by atoms with Crippen LogP contribution in [0.2, 0.25) is 0 Å². The van der Waals surface area contributed by atoms with Gasteiger partial charge in [-0.2, -0.15) is 12.6 Å². The van der Waals surface area contributed by atoms with Crippen molar-refractivity contribution in [1.29, 1.82) is 0 Å². The standard InChI is InChI=1S/C12H22S/c1-2-3-4-5-6-7-8-9-10-11-12-13/h1,13H,3-12H2. The van der Waals surface area contributed by atoms with E-state index in [1.807, 2.05) is 0 Å². The third-order valence-electron chi connectivity index (χ3n) is 2.23. The number of hydrogen-bond donors (Lipinski definition) is 1. The third-order valence-corrected chi connectivity index (χ3v) is 2.55. The van der Waals surface area contributed by atoms with Gasteiger partial charge in [-0.3, -0.25) is 0 Å². The first kappa shape index (κ1) is 12.9. The number of terminal acetylenes is 1. The predicted molar refractivity (Wildman–Crippen MR) is 64.2 cm³/mol. The molecular formula is C12H22S. The van der Waals surface area contributed by atoms with Crippen LogP contribution >= 0.6 is 12.6 Å². The number of rotatable bonds is 9. The maximum atomic E-state index is 5.17. The van der Waals surface area contributed by atoms with Crippen LogP contribution in [0.3, 0.4) is 0 Å². The minimum atomic E-state index is 0.958. The fraction of sp³-hybridized carbons (Fsp3) is 0.833. The highest BCUT2D eigenvalue weighted by atomic mass is 32.1. The molecule has 0 nitrogen and oxygen atoms in total. The van der Waals surface area contributed by atoms with Crippen molar-refractivity contribution in [3.8, 4) is 12.3 Å². The lowest BCUT2D eigenvalue weighted by molar-refractivity contribution is 0.580. The molecule has 1 heteroatoms. The van der Waals surface area contributed by atoms with Gasteiger partial charge in [-0.05, 0) is 18.6 Å². The Morgan fingerprint density at radius 3 is 1.69 bits per heavy atom. The largest absolute Gasteiger partial charge is 0.179 e. The van der Waals surface area contributed by atoms with E-state index in [-0.39, 0.29) is 0 Å². The smallest absolute Gasteiger partial charge is 0.00860 e. The molecular weight excluding hydrogens is 176 g/mol. The molecule has 0 saturated carbocycles. The molecule has 0 aromatic heterocycles. The topological polar surface area (TPSA) is 0 Å². The number of unbranched alkanes of at least 4 members (excludes halogenated alkanes) is 8. The Kier molecular flexibility index (Phi) is 11.8. The highest BCUT2D eigenvalue weighted by Crippen LogP contribution is 2.09. The van der Waals surface area contributed by atoms with Gasteiger partial charge in [0.05, 0.1) is 0 Å². The first-order chi connectivity index (χ1) is 6.41. The first-order valence-corrected chi connectivity index (χ1v) is 6.09. The molecule has 0 atom stereocenters. The molecule has 0 unspecified atom stereocenters. The van der Waals surface area contributed by atoms with Crippen LogP contribution in [-0.4, -0.2) is 5.75 Å². The Morgan fingerprint density at radius 1 is 0.769 bits per heavy atom. The molecule has 0 rings (SSSR count). The summed E-state index contributed by atoms with van der Waals surface area (Å²) < 4.78 is 0. The predicted octanol–water partition coefficient (Wildman–Crippen LogP) is 4.06. The Labute approximate surface area is 88.9 Å². The number of thiol groups is 1. The Bertz CT molecular complexity index is 124. The fourth-order valence-electron chi connectivity index (χ4n) is 1.40. The SMILES string of the molecule is C#CCCCCCCCCCCS. The van der Waals surface area contributed by atoms with Crippen LogP contribution in [0.1, 0.15) is 57.8 Å². The quantitative estimate of drug-likeness (QED) is 0.322. The molecule has 0 heterocycles. The summed E-state index contributed by atoms with van der Waals surface area (Å²) in [5, 5.41) is 0. The van der Waals surface area contributed by atoms with Gasteiger partial charge in [0.1, 0.15) is 0 Å². The summed E-state index contributed by atoms with van der Waals surface area (Å²) in [5.41, 5.74) is 0. The highest BCUT2D eigenvalue weighted by Gasteiger charge is 1.90. The van der Waals surface area contributed by atoms with Crippen LogP contribution in [0.25, 0.3) is 0 Å². The van der Waals surface area contributed by atoms with Crippen molar-refractivity contribution in [3.05, 3.63) is 0 Å². The molecule has 0 fully saturated rings. The molecule has 0 saturated heterocycles. The second-order valence-corrected chi connectivity index (χ2v) is 3.95. The molecule has 0 aliphatic heterocycles. The van der Waals surface area contributed by atoms with Gasteiger partial charge in [-0.15, -0.1) is 12.3 Å². The first-order valence-electron chi connectivity index (χ1n) is 5.46. The van der Waals surface area contributed by atoms with Gasteiger partial charge >= 0.3 is 0 Å². The molecule has 0 amide bonds. The van der Waals surface area contributed by atoms with E-state index in [4.69, 9.17) is 6.42 Å². The van der Waals surface area contributed by atoms with Crippen molar-refractivity contribution >= 4 is 12.6 Å². The zero-order valence-electron chi connectivity index (χ0n) is 8.60. The number of hydrogen-bond acceptors (Lipinski definition) is 1. The lowest BCUT2D eigenvalue weighted by Crippen LogP contribution is -1.81. The lowest BCUT2D eigenvalue weighted by atomic mass is 10.1. The van der Waals surface area contributed by atoms with E-state index in [9.17, 15) is 0 Å². The van der Waals surface area contributed by atoms with Gasteiger partial charge in [0.25, 0.3) is 0 Å². The second kappa shape index (κ2) is 11.9. The molecule has 0 aromatic rings. The van der Waals surface area contributed by atoms with E-state index in [0.29, 0.717) is 0 Å². The molecule has 0 aliphatic rings. The van der Waals surface area contributed by atoms with Crippen LogP contribution in [-0.2, 0) is 0 Å². The normalized spacial score (nSPS) is 9.85. The minimum absolute atomic E-state index is 0.958. The van der Waals surface area contributed by atoms with Crippen molar-refractivity contribution in [1.82, 2.24) is 0 Å². The van der Waals surface area contributed by atoms with Gasteiger partial charge < -0.3 is 0 Å². The van der Waals surface area contributed by atoms with Crippen molar-refractivity contribution in [2.24, 2.45) is 0 Å². The monoisotopic (exact) mass is 198 g/mol. The Balaban J connectivity index is 2.80. The third kappa shape index (κ3) is 11.9. The van der Waals surface area contributed by atoms with E-state index in [1.54, 1.807) is 0 Å². The van der Waals surface area contributed by atoms with Crippen LogP contribution in [0.4, 0.5) is 0 Å². The molecule has 13 heavy (non-hydrogen) atoms. The fourth-order valence-corrected chi connectivity index (χ4v) is 1.62. The highest BCUT2D eigenvalue weighted by molar-refractivity contribution is 7.80. The molecule has 0 aliphatic carbocycles. The van der Waals surface area contributed by atoms with E-state index >= 15 is 0 Å². The second-order valence-electron chi connectivity index (χ2n) is 3.51. The van der Waals surface area contributed by atoms with Crippen LogP contribution in [0.15, 0.2) is 0 Å². The maximum absolute atomic E-state index is 5.17. The summed E-state index contributed by atoms with van der Waals surface area (Å²) in [5.74, 6) is 3.72. The minimum Gasteiger partial charge on any atom is -0.179 e. The molecule has 0 radical (unpaired) electrons. The summed E-state index contributed by atoms with van der Waals surface area (Å²) in [6.45, 7) is 0. The maximum Gasteiger partial charge on any atom is 0.00860 e.